The van der Waals surface area contributed by atoms with E-state index < -0.39 is 0 Å². The van der Waals surface area contributed by atoms with Gasteiger partial charge in [-0.25, -0.2) is 0 Å². The number of hydrogen-bond acceptors (Lipinski definition) is 3. The maximum atomic E-state index is 4.29. The van der Waals surface area contributed by atoms with E-state index in [1.54, 1.807) is 12.4 Å². The van der Waals surface area contributed by atoms with Crippen LogP contribution < -0.4 is 5.32 Å². The van der Waals surface area contributed by atoms with Gasteiger partial charge in [0.05, 0.1) is 5.69 Å². The zero-order valence-electron chi connectivity index (χ0n) is 10.5. The molecule has 2 heterocycles. The normalized spacial score (nSPS) is 11.7. The molecule has 0 saturated heterocycles. The second-order valence-corrected chi connectivity index (χ2v) is 5.12. The molecule has 2 aromatic rings. The molecule has 2 aromatic heterocycles. The molecule has 0 radical (unpaired) electrons. The van der Waals surface area contributed by atoms with Gasteiger partial charge in [0.15, 0.2) is 0 Å². The molecular weight excluding hydrogens is 212 g/mol. The number of H-pyrrole nitrogens is 1. The standard InChI is InChI=1S/C13H18N4/c1-13(2,3)15-9-11-8-12(17-16-11)10-4-6-14-7-5-10/h4-8,15H,9H2,1-3H3,(H,16,17). The lowest BCUT2D eigenvalue weighted by molar-refractivity contribution is 0.421. The van der Waals surface area contributed by atoms with Gasteiger partial charge >= 0.3 is 0 Å². The van der Waals surface area contributed by atoms with E-state index in [0.29, 0.717) is 0 Å². The van der Waals surface area contributed by atoms with Gasteiger partial charge in [-0.2, -0.15) is 5.10 Å². The Labute approximate surface area is 101 Å². The number of hydrogen-bond donors (Lipinski definition) is 2. The van der Waals surface area contributed by atoms with Gasteiger partial charge < -0.3 is 5.32 Å². The van der Waals surface area contributed by atoms with Crippen LogP contribution in [0.5, 0.6) is 0 Å². The highest BCUT2D eigenvalue weighted by Gasteiger charge is 2.10. The third-order valence-corrected chi connectivity index (χ3v) is 2.42. The van der Waals surface area contributed by atoms with Gasteiger partial charge in [0.1, 0.15) is 0 Å². The smallest absolute Gasteiger partial charge is 0.0925 e. The van der Waals surface area contributed by atoms with E-state index >= 15 is 0 Å². The van der Waals surface area contributed by atoms with Gasteiger partial charge in [-0.1, -0.05) is 0 Å². The number of pyridine rings is 1. The molecule has 0 aliphatic carbocycles. The van der Waals surface area contributed by atoms with Crippen molar-refractivity contribution in [3.8, 4) is 11.3 Å². The Bertz CT molecular complexity index is 468. The summed E-state index contributed by atoms with van der Waals surface area (Å²) in [7, 11) is 0. The maximum absolute atomic E-state index is 4.29. The molecule has 2 rings (SSSR count). The van der Waals surface area contributed by atoms with Crippen LogP contribution in [0.1, 0.15) is 26.5 Å². The molecule has 0 aromatic carbocycles. The quantitative estimate of drug-likeness (QED) is 0.851. The zero-order valence-corrected chi connectivity index (χ0v) is 10.5. The Morgan fingerprint density at radius 3 is 2.59 bits per heavy atom. The fourth-order valence-electron chi connectivity index (χ4n) is 1.48. The number of aromatic nitrogens is 3. The van der Waals surface area contributed by atoms with Gasteiger partial charge in [-0.05, 0) is 39.0 Å². The first-order valence-corrected chi connectivity index (χ1v) is 5.74. The minimum Gasteiger partial charge on any atom is -0.306 e. The number of aromatic amines is 1. The summed E-state index contributed by atoms with van der Waals surface area (Å²) in [5.41, 5.74) is 3.24. The first-order valence-electron chi connectivity index (χ1n) is 5.74. The van der Waals surface area contributed by atoms with E-state index in [9.17, 15) is 0 Å². The Morgan fingerprint density at radius 1 is 1.24 bits per heavy atom. The maximum Gasteiger partial charge on any atom is 0.0925 e. The highest BCUT2D eigenvalue weighted by atomic mass is 15.1. The first-order chi connectivity index (χ1) is 8.04. The Morgan fingerprint density at radius 2 is 1.94 bits per heavy atom. The molecule has 90 valence electrons. The van der Waals surface area contributed by atoms with E-state index in [1.807, 2.05) is 12.1 Å². The summed E-state index contributed by atoms with van der Waals surface area (Å²) in [5.74, 6) is 0. The van der Waals surface area contributed by atoms with Crippen molar-refractivity contribution in [2.75, 3.05) is 0 Å². The summed E-state index contributed by atoms with van der Waals surface area (Å²) in [6, 6.07) is 5.97. The summed E-state index contributed by atoms with van der Waals surface area (Å²) < 4.78 is 0. The molecule has 0 saturated carbocycles. The van der Waals surface area contributed by atoms with Crippen molar-refractivity contribution >= 4 is 0 Å². The molecule has 0 bridgehead atoms. The second-order valence-electron chi connectivity index (χ2n) is 5.12. The molecule has 2 N–H and O–H groups in total. The van der Waals surface area contributed by atoms with Crippen molar-refractivity contribution in [3.63, 3.8) is 0 Å². The molecule has 4 heteroatoms. The fraction of sp³-hybridized carbons (Fsp3) is 0.385. The van der Waals surface area contributed by atoms with Crippen LogP contribution in [0.25, 0.3) is 11.3 Å². The topological polar surface area (TPSA) is 53.6 Å². The van der Waals surface area contributed by atoms with Crippen LogP contribution in [0.3, 0.4) is 0 Å². The van der Waals surface area contributed by atoms with Crippen molar-refractivity contribution in [1.29, 1.82) is 0 Å². The monoisotopic (exact) mass is 230 g/mol. The Kier molecular flexibility index (Phi) is 3.24. The van der Waals surface area contributed by atoms with Gasteiger partial charge in [-0.3, -0.25) is 10.1 Å². The number of rotatable bonds is 3. The van der Waals surface area contributed by atoms with Gasteiger partial charge in [0.25, 0.3) is 0 Å². The molecule has 4 nitrogen and oxygen atoms in total. The van der Waals surface area contributed by atoms with E-state index in [2.05, 4.69) is 47.3 Å². The van der Waals surface area contributed by atoms with Gasteiger partial charge in [0.2, 0.25) is 0 Å². The largest absolute Gasteiger partial charge is 0.306 e. The number of nitrogens with one attached hydrogen (secondary N) is 2. The lowest BCUT2D eigenvalue weighted by atomic mass is 10.1. The molecule has 0 atom stereocenters. The van der Waals surface area contributed by atoms with E-state index in [4.69, 9.17) is 0 Å². The molecule has 0 unspecified atom stereocenters. The van der Waals surface area contributed by atoms with Crippen molar-refractivity contribution < 1.29 is 0 Å². The van der Waals surface area contributed by atoms with Gasteiger partial charge in [0, 0.05) is 35.7 Å². The molecule has 0 aliphatic heterocycles. The fourth-order valence-corrected chi connectivity index (χ4v) is 1.48. The van der Waals surface area contributed by atoms with Crippen LogP contribution in [-0.2, 0) is 6.54 Å². The van der Waals surface area contributed by atoms with Crippen LogP contribution in [-0.4, -0.2) is 20.7 Å². The van der Waals surface area contributed by atoms with Crippen LogP contribution in [0.4, 0.5) is 0 Å². The lowest BCUT2D eigenvalue weighted by Gasteiger charge is -2.19. The Hall–Kier alpha value is -1.68. The van der Waals surface area contributed by atoms with Crippen molar-refractivity contribution in [2.45, 2.75) is 32.9 Å². The molecule has 0 amide bonds. The van der Waals surface area contributed by atoms with Crippen LogP contribution in [0, 0.1) is 0 Å². The van der Waals surface area contributed by atoms with Gasteiger partial charge in [-0.15, -0.1) is 0 Å². The third kappa shape index (κ3) is 3.39. The highest BCUT2D eigenvalue weighted by molar-refractivity contribution is 5.58. The summed E-state index contributed by atoms with van der Waals surface area (Å²) in [6.07, 6.45) is 3.55. The average molecular weight is 230 g/mol. The molecule has 0 aliphatic rings. The van der Waals surface area contributed by atoms with E-state index in [-0.39, 0.29) is 5.54 Å². The summed E-state index contributed by atoms with van der Waals surface area (Å²) in [4.78, 5) is 4.00. The predicted octanol–water partition coefficient (Wildman–Crippen LogP) is 2.36. The zero-order chi connectivity index (χ0) is 12.3. The number of nitrogens with zero attached hydrogens (tertiary/aromatic N) is 2. The van der Waals surface area contributed by atoms with Crippen molar-refractivity contribution in [3.05, 3.63) is 36.3 Å². The third-order valence-electron chi connectivity index (χ3n) is 2.42. The minimum atomic E-state index is 0.113. The highest BCUT2D eigenvalue weighted by Crippen LogP contribution is 2.16. The minimum absolute atomic E-state index is 0.113. The van der Waals surface area contributed by atoms with Crippen molar-refractivity contribution in [2.24, 2.45) is 0 Å². The molecule has 0 fully saturated rings. The molecule has 0 spiro atoms. The van der Waals surface area contributed by atoms with Crippen LogP contribution in [0.15, 0.2) is 30.6 Å². The van der Waals surface area contributed by atoms with Crippen LogP contribution in [0.2, 0.25) is 0 Å². The summed E-state index contributed by atoms with van der Waals surface area (Å²) in [5, 5.41) is 10.8. The van der Waals surface area contributed by atoms with E-state index in [0.717, 1.165) is 23.5 Å². The van der Waals surface area contributed by atoms with E-state index in [1.165, 1.54) is 0 Å². The SMILES string of the molecule is CC(C)(C)NCc1cc(-c2ccncc2)n[nH]1. The second kappa shape index (κ2) is 4.67. The lowest BCUT2D eigenvalue weighted by Crippen LogP contribution is -2.35. The van der Waals surface area contributed by atoms with Crippen molar-refractivity contribution in [1.82, 2.24) is 20.5 Å². The summed E-state index contributed by atoms with van der Waals surface area (Å²) >= 11 is 0. The molecule has 17 heavy (non-hydrogen) atoms. The Balaban J connectivity index is 2.07. The average Bonchev–Trinajstić information content (AvgIpc) is 2.75. The molecular formula is C13H18N4. The summed E-state index contributed by atoms with van der Waals surface area (Å²) in [6.45, 7) is 7.23. The first kappa shape index (κ1) is 11.8. The van der Waals surface area contributed by atoms with Crippen LogP contribution >= 0.6 is 0 Å². The predicted molar refractivity (Wildman–Crippen MR) is 68.4 cm³/mol.